The molecule has 108 valence electrons. The zero-order valence-corrected chi connectivity index (χ0v) is 13.7. The minimum atomic E-state index is 0.346. The molecule has 0 radical (unpaired) electrons. The highest BCUT2D eigenvalue weighted by molar-refractivity contribution is 7.98. The van der Waals surface area contributed by atoms with Gasteiger partial charge in [-0.05, 0) is 32.2 Å². The summed E-state index contributed by atoms with van der Waals surface area (Å²) in [7, 11) is 0. The van der Waals surface area contributed by atoms with Gasteiger partial charge in [-0.2, -0.15) is 16.9 Å². The van der Waals surface area contributed by atoms with Crippen LogP contribution in [-0.4, -0.2) is 31.8 Å². The Hall–Kier alpha value is -1.01. The van der Waals surface area contributed by atoms with E-state index < -0.39 is 0 Å². The molecule has 2 aromatic heterocycles. The molecule has 4 nitrogen and oxygen atoms in total. The highest BCUT2D eigenvalue weighted by atomic mass is 32.2. The van der Waals surface area contributed by atoms with Crippen molar-refractivity contribution >= 4 is 23.5 Å². The van der Waals surface area contributed by atoms with E-state index in [9.17, 15) is 0 Å². The molecule has 20 heavy (non-hydrogen) atoms. The van der Waals surface area contributed by atoms with Crippen molar-refractivity contribution in [2.45, 2.75) is 37.0 Å². The molecule has 0 N–H and O–H groups in total. The zero-order valence-electron chi connectivity index (χ0n) is 12.1. The van der Waals surface area contributed by atoms with Crippen LogP contribution >= 0.6 is 23.5 Å². The Labute approximate surface area is 128 Å². The summed E-state index contributed by atoms with van der Waals surface area (Å²) in [6.45, 7) is 4.29. The summed E-state index contributed by atoms with van der Waals surface area (Å²) in [5.74, 6) is 3.92. The first-order valence-electron chi connectivity index (χ1n) is 6.66. The Kier molecular flexibility index (Phi) is 5.91. The molecule has 0 atom stereocenters. The van der Waals surface area contributed by atoms with Gasteiger partial charge in [0.05, 0.1) is 5.75 Å². The topological polar surface area (TPSA) is 43.6 Å². The van der Waals surface area contributed by atoms with Gasteiger partial charge in [-0.25, -0.2) is 9.67 Å². The van der Waals surface area contributed by atoms with Crippen LogP contribution in [0.25, 0.3) is 0 Å². The van der Waals surface area contributed by atoms with E-state index in [0.29, 0.717) is 6.04 Å². The summed E-state index contributed by atoms with van der Waals surface area (Å²) < 4.78 is 2.05. The average Bonchev–Trinajstić information content (AvgIpc) is 2.87. The van der Waals surface area contributed by atoms with E-state index in [4.69, 9.17) is 0 Å². The van der Waals surface area contributed by atoms with Gasteiger partial charge >= 0.3 is 0 Å². The van der Waals surface area contributed by atoms with Crippen molar-refractivity contribution in [3.63, 3.8) is 0 Å². The predicted octanol–water partition coefficient (Wildman–Crippen LogP) is 3.45. The zero-order chi connectivity index (χ0) is 14.4. The fourth-order valence-electron chi connectivity index (χ4n) is 1.80. The molecule has 0 amide bonds. The molecule has 0 saturated heterocycles. The molecule has 0 aliphatic heterocycles. The first kappa shape index (κ1) is 15.4. The van der Waals surface area contributed by atoms with E-state index in [2.05, 4.69) is 35.2 Å². The van der Waals surface area contributed by atoms with Crippen LogP contribution in [-0.2, 0) is 12.2 Å². The van der Waals surface area contributed by atoms with E-state index in [1.807, 2.05) is 41.0 Å². The van der Waals surface area contributed by atoms with E-state index in [1.165, 1.54) is 4.90 Å². The molecule has 2 aromatic rings. The quantitative estimate of drug-likeness (QED) is 0.733. The van der Waals surface area contributed by atoms with E-state index in [0.717, 1.165) is 29.6 Å². The van der Waals surface area contributed by atoms with Gasteiger partial charge in [0.15, 0.2) is 5.82 Å². The third kappa shape index (κ3) is 4.24. The molecule has 0 unspecified atom stereocenters. The Balaban J connectivity index is 2.07. The van der Waals surface area contributed by atoms with Crippen LogP contribution in [0.5, 0.6) is 0 Å². The fourth-order valence-corrected chi connectivity index (χ4v) is 2.99. The van der Waals surface area contributed by atoms with Crippen LogP contribution in [0.2, 0.25) is 0 Å². The normalized spacial score (nSPS) is 11.2. The van der Waals surface area contributed by atoms with Crippen molar-refractivity contribution in [1.82, 2.24) is 19.7 Å². The summed E-state index contributed by atoms with van der Waals surface area (Å²) >= 11 is 3.60. The standard InChI is InChI=1S/C14H20N4S2/c1-11(2)18-14(16-13(17-18)6-9-19-3)10-20-12-4-7-15-8-5-12/h4-5,7-8,11H,6,9-10H2,1-3H3. The Morgan fingerprint density at radius 2 is 2.00 bits per heavy atom. The van der Waals surface area contributed by atoms with Crippen LogP contribution in [0.1, 0.15) is 31.5 Å². The molecule has 0 saturated carbocycles. The van der Waals surface area contributed by atoms with Gasteiger partial charge in [0.25, 0.3) is 0 Å². The van der Waals surface area contributed by atoms with Gasteiger partial charge in [-0.3, -0.25) is 4.98 Å². The average molecular weight is 308 g/mol. The van der Waals surface area contributed by atoms with Crippen LogP contribution < -0.4 is 0 Å². The van der Waals surface area contributed by atoms with E-state index in [1.54, 1.807) is 11.8 Å². The van der Waals surface area contributed by atoms with Crippen LogP contribution in [0, 0.1) is 0 Å². The van der Waals surface area contributed by atoms with Gasteiger partial charge in [0.1, 0.15) is 5.82 Å². The van der Waals surface area contributed by atoms with Crippen LogP contribution in [0.3, 0.4) is 0 Å². The molecular formula is C14H20N4S2. The lowest BCUT2D eigenvalue weighted by molar-refractivity contribution is 0.511. The maximum atomic E-state index is 4.69. The van der Waals surface area contributed by atoms with Gasteiger partial charge in [-0.15, -0.1) is 11.8 Å². The maximum Gasteiger partial charge on any atom is 0.151 e. The Morgan fingerprint density at radius 3 is 2.65 bits per heavy atom. The summed E-state index contributed by atoms with van der Waals surface area (Å²) in [6, 6.07) is 4.39. The van der Waals surface area contributed by atoms with Crippen molar-refractivity contribution in [2.75, 3.05) is 12.0 Å². The van der Waals surface area contributed by atoms with Crippen molar-refractivity contribution < 1.29 is 0 Å². The number of hydrogen-bond donors (Lipinski definition) is 0. The monoisotopic (exact) mass is 308 g/mol. The first-order chi connectivity index (χ1) is 9.70. The summed E-state index contributed by atoms with van der Waals surface area (Å²) in [5.41, 5.74) is 0. The smallest absolute Gasteiger partial charge is 0.151 e. The molecule has 0 aliphatic rings. The third-order valence-corrected chi connectivity index (χ3v) is 4.40. The molecule has 0 aromatic carbocycles. The molecular weight excluding hydrogens is 288 g/mol. The lowest BCUT2D eigenvalue weighted by Crippen LogP contribution is -2.07. The molecule has 0 bridgehead atoms. The molecule has 0 fully saturated rings. The highest BCUT2D eigenvalue weighted by Crippen LogP contribution is 2.22. The highest BCUT2D eigenvalue weighted by Gasteiger charge is 2.12. The lowest BCUT2D eigenvalue weighted by Gasteiger charge is -2.08. The van der Waals surface area contributed by atoms with Crippen molar-refractivity contribution in [3.05, 3.63) is 36.2 Å². The molecule has 0 aliphatic carbocycles. The second kappa shape index (κ2) is 7.69. The van der Waals surface area contributed by atoms with Crippen molar-refractivity contribution in [1.29, 1.82) is 0 Å². The number of rotatable bonds is 7. The summed E-state index contributed by atoms with van der Waals surface area (Å²) in [6.07, 6.45) is 6.69. The summed E-state index contributed by atoms with van der Waals surface area (Å²) in [4.78, 5) is 9.93. The molecule has 6 heteroatoms. The minimum absolute atomic E-state index is 0.346. The number of hydrogen-bond acceptors (Lipinski definition) is 5. The largest absolute Gasteiger partial charge is 0.265 e. The number of pyridine rings is 1. The third-order valence-electron chi connectivity index (χ3n) is 2.78. The van der Waals surface area contributed by atoms with Crippen molar-refractivity contribution in [3.8, 4) is 0 Å². The van der Waals surface area contributed by atoms with Gasteiger partial charge in [0, 0.05) is 35.5 Å². The molecule has 0 spiro atoms. The fraction of sp³-hybridized carbons (Fsp3) is 0.500. The van der Waals surface area contributed by atoms with Gasteiger partial charge < -0.3 is 0 Å². The van der Waals surface area contributed by atoms with E-state index >= 15 is 0 Å². The first-order valence-corrected chi connectivity index (χ1v) is 9.04. The number of nitrogens with zero attached hydrogens (tertiary/aromatic N) is 4. The second-order valence-electron chi connectivity index (χ2n) is 4.70. The van der Waals surface area contributed by atoms with Crippen LogP contribution in [0.4, 0.5) is 0 Å². The second-order valence-corrected chi connectivity index (χ2v) is 6.73. The van der Waals surface area contributed by atoms with E-state index in [-0.39, 0.29) is 0 Å². The van der Waals surface area contributed by atoms with Crippen LogP contribution in [0.15, 0.2) is 29.4 Å². The summed E-state index contributed by atoms with van der Waals surface area (Å²) in [5, 5.41) is 4.63. The van der Waals surface area contributed by atoms with Gasteiger partial charge in [0.2, 0.25) is 0 Å². The van der Waals surface area contributed by atoms with Gasteiger partial charge in [-0.1, -0.05) is 0 Å². The number of thioether (sulfide) groups is 2. The molecule has 2 heterocycles. The van der Waals surface area contributed by atoms with Crippen molar-refractivity contribution in [2.24, 2.45) is 0 Å². The Bertz CT molecular complexity index is 525. The maximum absolute atomic E-state index is 4.69. The lowest BCUT2D eigenvalue weighted by atomic mass is 10.4. The molecule has 2 rings (SSSR count). The Morgan fingerprint density at radius 1 is 1.25 bits per heavy atom. The predicted molar refractivity (Wildman–Crippen MR) is 86.3 cm³/mol. The SMILES string of the molecule is CSCCc1nc(CSc2ccncc2)n(C(C)C)n1. The number of aromatic nitrogens is 4. The minimum Gasteiger partial charge on any atom is -0.265 e. The number of aryl methyl sites for hydroxylation is 1.